The van der Waals surface area contributed by atoms with E-state index >= 15 is 0 Å². The van der Waals surface area contributed by atoms with Crippen LogP contribution in [0.2, 0.25) is 0 Å². The van der Waals surface area contributed by atoms with Crippen molar-refractivity contribution in [1.29, 1.82) is 0 Å². The molecule has 19 heavy (non-hydrogen) atoms. The second-order valence-corrected chi connectivity index (χ2v) is 5.33. The highest BCUT2D eigenvalue weighted by Gasteiger charge is 2.27. The molecule has 1 saturated carbocycles. The predicted molar refractivity (Wildman–Crippen MR) is 71.4 cm³/mol. The van der Waals surface area contributed by atoms with Gasteiger partial charge in [0.05, 0.1) is 5.56 Å². The second-order valence-electron chi connectivity index (χ2n) is 5.33. The van der Waals surface area contributed by atoms with E-state index in [0.29, 0.717) is 12.5 Å². The Morgan fingerprint density at radius 2 is 2.16 bits per heavy atom. The van der Waals surface area contributed by atoms with Crippen LogP contribution < -0.4 is 5.32 Å². The van der Waals surface area contributed by atoms with Crippen LogP contribution in [0, 0.1) is 24.6 Å². The van der Waals surface area contributed by atoms with Crippen molar-refractivity contribution in [3.63, 3.8) is 0 Å². The molecule has 0 spiro atoms. The zero-order chi connectivity index (χ0) is 13.8. The van der Waals surface area contributed by atoms with Crippen molar-refractivity contribution in [3.8, 4) is 0 Å². The Hall–Kier alpha value is -1.42. The number of carbonyl (C=O) groups excluding carboxylic acids is 1. The van der Waals surface area contributed by atoms with Crippen LogP contribution in [0.4, 0.5) is 4.39 Å². The summed E-state index contributed by atoms with van der Waals surface area (Å²) in [6.45, 7) is 2.46. The molecular weight excluding hydrogens is 245 g/mol. The molecule has 1 amide bonds. The van der Waals surface area contributed by atoms with Gasteiger partial charge in [-0.15, -0.1) is 0 Å². The summed E-state index contributed by atoms with van der Waals surface area (Å²) in [5.74, 6) is -0.283. The van der Waals surface area contributed by atoms with Crippen LogP contribution in [0.1, 0.15) is 35.2 Å². The first-order valence-corrected chi connectivity index (χ1v) is 6.77. The van der Waals surface area contributed by atoms with E-state index in [1.54, 1.807) is 13.0 Å². The molecule has 0 aliphatic heterocycles. The maximum atomic E-state index is 13.6. The first-order valence-electron chi connectivity index (χ1n) is 6.77. The molecule has 1 aromatic carbocycles. The number of aryl methyl sites for hydroxylation is 1. The number of halogens is 1. The standard InChI is InChI=1S/C15H20FNO2/c1-10-5-6-13(14(16)7-10)15(19)17-8-11-3-2-4-12(11)9-18/h5-7,11-12,18H,2-4,8-9H2,1H3,(H,17,19). The third kappa shape index (κ3) is 3.32. The predicted octanol–water partition coefficient (Wildman–Crippen LogP) is 2.27. The first kappa shape index (κ1) is 14.0. The normalized spacial score (nSPS) is 22.5. The van der Waals surface area contributed by atoms with E-state index in [1.165, 1.54) is 12.1 Å². The lowest BCUT2D eigenvalue weighted by Crippen LogP contribution is -2.32. The van der Waals surface area contributed by atoms with Gasteiger partial charge in [-0.25, -0.2) is 4.39 Å². The number of rotatable bonds is 4. The van der Waals surface area contributed by atoms with Gasteiger partial charge in [0.25, 0.3) is 5.91 Å². The molecule has 1 aromatic rings. The Bertz CT molecular complexity index is 461. The molecule has 2 N–H and O–H groups in total. The molecule has 0 aromatic heterocycles. The Morgan fingerprint density at radius 3 is 2.84 bits per heavy atom. The summed E-state index contributed by atoms with van der Waals surface area (Å²) in [6.07, 6.45) is 3.11. The maximum absolute atomic E-state index is 13.6. The van der Waals surface area contributed by atoms with Crippen LogP contribution in [-0.4, -0.2) is 24.2 Å². The van der Waals surface area contributed by atoms with Gasteiger partial charge in [-0.05, 0) is 49.3 Å². The average Bonchev–Trinajstić information content (AvgIpc) is 2.83. The molecular formula is C15H20FNO2. The van der Waals surface area contributed by atoms with E-state index in [0.717, 1.165) is 24.8 Å². The van der Waals surface area contributed by atoms with Crippen molar-refractivity contribution in [1.82, 2.24) is 5.32 Å². The first-order chi connectivity index (χ1) is 9.11. The molecule has 1 fully saturated rings. The van der Waals surface area contributed by atoms with Crippen molar-refractivity contribution < 1.29 is 14.3 Å². The quantitative estimate of drug-likeness (QED) is 0.877. The summed E-state index contributed by atoms with van der Waals surface area (Å²) in [5.41, 5.74) is 0.884. The summed E-state index contributed by atoms with van der Waals surface area (Å²) in [7, 11) is 0. The van der Waals surface area contributed by atoms with Gasteiger partial charge in [0.2, 0.25) is 0 Å². The van der Waals surface area contributed by atoms with Gasteiger partial charge in [-0.2, -0.15) is 0 Å². The van der Waals surface area contributed by atoms with Crippen LogP contribution in [0.5, 0.6) is 0 Å². The summed E-state index contributed by atoms with van der Waals surface area (Å²) in [6, 6.07) is 4.60. The third-order valence-corrected chi connectivity index (χ3v) is 3.95. The van der Waals surface area contributed by atoms with Gasteiger partial charge in [0.15, 0.2) is 0 Å². The van der Waals surface area contributed by atoms with Gasteiger partial charge in [-0.1, -0.05) is 12.5 Å². The number of amides is 1. The topological polar surface area (TPSA) is 49.3 Å². The zero-order valence-electron chi connectivity index (χ0n) is 11.2. The number of benzene rings is 1. The molecule has 1 aliphatic rings. The fraction of sp³-hybridized carbons (Fsp3) is 0.533. The lowest BCUT2D eigenvalue weighted by Gasteiger charge is -2.17. The fourth-order valence-corrected chi connectivity index (χ4v) is 2.75. The van der Waals surface area contributed by atoms with E-state index in [1.807, 2.05) is 0 Å². The highest BCUT2D eigenvalue weighted by Crippen LogP contribution is 2.30. The SMILES string of the molecule is Cc1ccc(C(=O)NCC2CCCC2CO)c(F)c1. The minimum absolute atomic E-state index is 0.0872. The molecule has 2 atom stereocenters. The van der Waals surface area contributed by atoms with Crippen molar-refractivity contribution in [3.05, 3.63) is 35.1 Å². The molecule has 1 aliphatic carbocycles. The number of aliphatic hydroxyl groups is 1. The third-order valence-electron chi connectivity index (χ3n) is 3.95. The van der Waals surface area contributed by atoms with E-state index in [2.05, 4.69) is 5.32 Å². The van der Waals surface area contributed by atoms with Gasteiger partial charge < -0.3 is 10.4 Å². The van der Waals surface area contributed by atoms with Crippen LogP contribution in [0.15, 0.2) is 18.2 Å². The van der Waals surface area contributed by atoms with E-state index < -0.39 is 5.82 Å². The molecule has 104 valence electrons. The van der Waals surface area contributed by atoms with Crippen LogP contribution >= 0.6 is 0 Å². The smallest absolute Gasteiger partial charge is 0.254 e. The van der Waals surface area contributed by atoms with Gasteiger partial charge >= 0.3 is 0 Å². The van der Waals surface area contributed by atoms with Crippen LogP contribution in [0.25, 0.3) is 0 Å². The summed E-state index contributed by atoms with van der Waals surface area (Å²) in [5, 5.41) is 12.0. The Balaban J connectivity index is 1.94. The molecule has 2 rings (SSSR count). The Kier molecular flexibility index (Phi) is 4.53. The minimum atomic E-state index is -0.484. The highest BCUT2D eigenvalue weighted by atomic mass is 19.1. The van der Waals surface area contributed by atoms with E-state index in [-0.39, 0.29) is 24.0 Å². The summed E-state index contributed by atoms with van der Waals surface area (Å²) < 4.78 is 13.6. The molecule has 0 heterocycles. The maximum Gasteiger partial charge on any atom is 0.254 e. The van der Waals surface area contributed by atoms with E-state index in [4.69, 9.17) is 0 Å². The van der Waals surface area contributed by atoms with Crippen molar-refractivity contribution in [2.75, 3.05) is 13.2 Å². The average molecular weight is 265 g/mol. The minimum Gasteiger partial charge on any atom is -0.396 e. The van der Waals surface area contributed by atoms with Crippen molar-refractivity contribution in [2.45, 2.75) is 26.2 Å². The monoisotopic (exact) mass is 265 g/mol. The molecule has 0 radical (unpaired) electrons. The fourth-order valence-electron chi connectivity index (χ4n) is 2.75. The number of hydrogen-bond donors (Lipinski definition) is 2. The summed E-state index contributed by atoms with van der Waals surface area (Å²) >= 11 is 0. The number of hydrogen-bond acceptors (Lipinski definition) is 2. The zero-order valence-corrected chi connectivity index (χ0v) is 11.2. The van der Waals surface area contributed by atoms with Crippen molar-refractivity contribution in [2.24, 2.45) is 11.8 Å². The number of carbonyl (C=O) groups is 1. The van der Waals surface area contributed by atoms with Crippen LogP contribution in [0.3, 0.4) is 0 Å². The molecule has 0 saturated heterocycles. The van der Waals surface area contributed by atoms with E-state index in [9.17, 15) is 14.3 Å². The highest BCUT2D eigenvalue weighted by molar-refractivity contribution is 5.94. The van der Waals surface area contributed by atoms with Crippen LogP contribution in [-0.2, 0) is 0 Å². The van der Waals surface area contributed by atoms with Gasteiger partial charge in [0, 0.05) is 13.2 Å². The molecule has 3 nitrogen and oxygen atoms in total. The molecule has 0 bridgehead atoms. The van der Waals surface area contributed by atoms with Crippen molar-refractivity contribution >= 4 is 5.91 Å². The van der Waals surface area contributed by atoms with Gasteiger partial charge in [0.1, 0.15) is 5.82 Å². The Labute approximate surface area is 112 Å². The number of aliphatic hydroxyl groups excluding tert-OH is 1. The summed E-state index contributed by atoms with van der Waals surface area (Å²) in [4.78, 5) is 11.9. The lowest BCUT2D eigenvalue weighted by atomic mass is 9.97. The second kappa shape index (κ2) is 6.15. The lowest BCUT2D eigenvalue weighted by molar-refractivity contribution is 0.0933. The Morgan fingerprint density at radius 1 is 1.42 bits per heavy atom. The molecule has 2 unspecified atom stereocenters. The molecule has 4 heteroatoms. The van der Waals surface area contributed by atoms with Gasteiger partial charge in [-0.3, -0.25) is 4.79 Å². The number of nitrogens with one attached hydrogen (secondary N) is 1. The largest absolute Gasteiger partial charge is 0.396 e.